The van der Waals surface area contributed by atoms with Crippen molar-refractivity contribution in [2.24, 2.45) is 23.5 Å². The topological polar surface area (TPSA) is 62.5 Å². The minimum atomic E-state index is 0.0959. The van der Waals surface area contributed by atoms with Crippen LogP contribution in [0.3, 0.4) is 0 Å². The first-order valence-electron chi connectivity index (χ1n) is 8.88. The molecule has 0 aromatic carbocycles. The van der Waals surface area contributed by atoms with Crippen LogP contribution in [-0.2, 0) is 11.3 Å². The van der Waals surface area contributed by atoms with Crippen molar-refractivity contribution in [1.82, 2.24) is 14.8 Å². The van der Waals surface area contributed by atoms with Crippen molar-refractivity contribution >= 4 is 5.91 Å². The van der Waals surface area contributed by atoms with Gasteiger partial charge in [0.05, 0.1) is 5.92 Å². The van der Waals surface area contributed by atoms with Gasteiger partial charge in [-0.1, -0.05) is 6.07 Å². The van der Waals surface area contributed by atoms with Crippen molar-refractivity contribution in [3.8, 4) is 0 Å². The highest BCUT2D eigenvalue weighted by atomic mass is 16.2. The highest BCUT2D eigenvalue weighted by molar-refractivity contribution is 5.80. The Morgan fingerprint density at radius 2 is 2.00 bits per heavy atom. The van der Waals surface area contributed by atoms with E-state index in [1.807, 2.05) is 12.3 Å². The number of fused-ring (bicyclic) bond motifs is 2. The second kappa shape index (κ2) is 6.21. The Bertz CT molecular complexity index is 553. The van der Waals surface area contributed by atoms with Gasteiger partial charge in [-0.2, -0.15) is 0 Å². The molecule has 1 amide bonds. The lowest BCUT2D eigenvalue weighted by Crippen LogP contribution is -2.53. The third kappa shape index (κ3) is 2.88. The minimum absolute atomic E-state index is 0.0959. The predicted molar refractivity (Wildman–Crippen MR) is 88.4 cm³/mol. The van der Waals surface area contributed by atoms with Crippen LogP contribution < -0.4 is 5.73 Å². The molecule has 2 N–H and O–H groups in total. The first kappa shape index (κ1) is 15.1. The maximum atomic E-state index is 12.9. The van der Waals surface area contributed by atoms with Crippen LogP contribution in [0, 0.1) is 17.8 Å². The van der Waals surface area contributed by atoms with Crippen molar-refractivity contribution in [3.63, 3.8) is 0 Å². The molecule has 2 heterocycles. The first-order chi connectivity index (χ1) is 11.2. The molecule has 2 aliphatic carbocycles. The molecule has 3 fully saturated rings. The fourth-order valence-corrected chi connectivity index (χ4v) is 4.79. The monoisotopic (exact) mass is 314 g/mol. The molecule has 2 saturated carbocycles. The van der Waals surface area contributed by atoms with Crippen LogP contribution in [0.5, 0.6) is 0 Å². The summed E-state index contributed by atoms with van der Waals surface area (Å²) in [6.07, 6.45) is 7.34. The summed E-state index contributed by atoms with van der Waals surface area (Å²) < 4.78 is 0. The summed E-state index contributed by atoms with van der Waals surface area (Å²) in [6, 6.07) is 4.19. The number of rotatable bonds is 3. The molecule has 1 saturated heterocycles. The van der Waals surface area contributed by atoms with Crippen molar-refractivity contribution < 1.29 is 4.79 Å². The van der Waals surface area contributed by atoms with E-state index in [2.05, 4.69) is 20.9 Å². The van der Waals surface area contributed by atoms with E-state index in [4.69, 9.17) is 5.73 Å². The van der Waals surface area contributed by atoms with Crippen LogP contribution in [0.4, 0.5) is 0 Å². The quantitative estimate of drug-likeness (QED) is 0.907. The zero-order valence-corrected chi connectivity index (χ0v) is 13.6. The molecule has 0 spiro atoms. The molecular weight excluding hydrogens is 288 g/mol. The molecule has 0 radical (unpaired) electrons. The Morgan fingerprint density at radius 1 is 1.22 bits per heavy atom. The fourth-order valence-electron chi connectivity index (χ4n) is 4.79. The van der Waals surface area contributed by atoms with Crippen molar-refractivity contribution in [1.29, 1.82) is 0 Å². The van der Waals surface area contributed by atoms with E-state index in [0.717, 1.165) is 32.7 Å². The average Bonchev–Trinajstić information content (AvgIpc) is 3.17. The molecule has 4 atom stereocenters. The number of nitrogens with two attached hydrogens (primary N) is 1. The Balaban J connectivity index is 1.32. The van der Waals surface area contributed by atoms with E-state index >= 15 is 0 Å². The lowest BCUT2D eigenvalue weighted by molar-refractivity contribution is -0.139. The van der Waals surface area contributed by atoms with E-state index in [1.165, 1.54) is 24.8 Å². The van der Waals surface area contributed by atoms with Gasteiger partial charge in [0, 0.05) is 51.2 Å². The highest BCUT2D eigenvalue weighted by Gasteiger charge is 2.50. The molecule has 4 rings (SSSR count). The summed E-state index contributed by atoms with van der Waals surface area (Å²) in [5.41, 5.74) is 7.57. The van der Waals surface area contributed by atoms with Gasteiger partial charge in [0.15, 0.2) is 0 Å². The number of hydrogen-bond acceptors (Lipinski definition) is 4. The zero-order valence-electron chi connectivity index (χ0n) is 13.6. The molecule has 3 aliphatic rings. The normalized spacial score (nSPS) is 34.0. The van der Waals surface area contributed by atoms with Gasteiger partial charge in [-0.05, 0) is 42.7 Å². The molecule has 1 aromatic heterocycles. The van der Waals surface area contributed by atoms with Gasteiger partial charge < -0.3 is 10.6 Å². The van der Waals surface area contributed by atoms with Gasteiger partial charge in [-0.15, -0.1) is 0 Å². The van der Waals surface area contributed by atoms with Crippen LogP contribution in [0.1, 0.15) is 24.8 Å². The summed E-state index contributed by atoms with van der Waals surface area (Å²) in [4.78, 5) is 21.5. The summed E-state index contributed by atoms with van der Waals surface area (Å²) in [7, 11) is 0. The lowest BCUT2D eigenvalue weighted by Gasteiger charge is -2.38. The Hall–Kier alpha value is -1.46. The van der Waals surface area contributed by atoms with E-state index in [1.54, 1.807) is 6.20 Å². The molecule has 23 heavy (non-hydrogen) atoms. The van der Waals surface area contributed by atoms with Gasteiger partial charge in [-0.25, -0.2) is 0 Å². The molecule has 2 bridgehead atoms. The summed E-state index contributed by atoms with van der Waals surface area (Å²) in [5.74, 6) is 1.57. The van der Waals surface area contributed by atoms with Crippen LogP contribution in [-0.4, -0.2) is 52.9 Å². The predicted octanol–water partition coefficient (Wildman–Crippen LogP) is 1.10. The minimum Gasteiger partial charge on any atom is -0.340 e. The number of aromatic nitrogens is 1. The first-order valence-corrected chi connectivity index (χ1v) is 8.88. The summed E-state index contributed by atoms with van der Waals surface area (Å²) in [6.45, 7) is 4.47. The van der Waals surface area contributed by atoms with Crippen LogP contribution in [0.2, 0.25) is 0 Å². The number of amides is 1. The Labute approximate surface area is 137 Å². The Morgan fingerprint density at radius 3 is 2.65 bits per heavy atom. The maximum Gasteiger partial charge on any atom is 0.227 e. The molecule has 1 aliphatic heterocycles. The van der Waals surface area contributed by atoms with E-state index in [0.29, 0.717) is 17.7 Å². The summed E-state index contributed by atoms with van der Waals surface area (Å²) in [5, 5.41) is 0. The van der Waals surface area contributed by atoms with Crippen molar-refractivity contribution in [2.45, 2.75) is 31.8 Å². The number of hydrogen-bond donors (Lipinski definition) is 1. The van der Waals surface area contributed by atoms with Crippen LogP contribution in [0.25, 0.3) is 0 Å². The van der Waals surface area contributed by atoms with Crippen molar-refractivity contribution in [2.75, 3.05) is 26.2 Å². The molecule has 5 nitrogen and oxygen atoms in total. The smallest absolute Gasteiger partial charge is 0.227 e. The second-order valence-corrected chi connectivity index (χ2v) is 7.40. The van der Waals surface area contributed by atoms with E-state index < -0.39 is 0 Å². The fraction of sp³-hybridized carbons (Fsp3) is 0.667. The summed E-state index contributed by atoms with van der Waals surface area (Å²) >= 11 is 0. The van der Waals surface area contributed by atoms with Gasteiger partial charge in [0.25, 0.3) is 0 Å². The average molecular weight is 314 g/mol. The van der Waals surface area contributed by atoms with Crippen LogP contribution in [0.15, 0.2) is 24.5 Å². The maximum absolute atomic E-state index is 12.9. The van der Waals surface area contributed by atoms with Gasteiger partial charge in [0.1, 0.15) is 0 Å². The molecule has 124 valence electrons. The Kier molecular flexibility index (Phi) is 4.07. The number of nitrogens with zero attached hydrogens (tertiary/aromatic N) is 3. The largest absolute Gasteiger partial charge is 0.340 e. The standard InChI is InChI=1S/C18H26N4O/c19-17-15-4-3-14(10-15)16(17)18(23)22-8-6-21(7-9-22)12-13-2-1-5-20-11-13/h1-2,5,11,14-17H,3-4,6-10,12,19H2. The third-order valence-electron chi connectivity index (χ3n) is 6.08. The number of pyridine rings is 1. The molecule has 4 unspecified atom stereocenters. The number of carbonyl (C=O) groups excluding carboxylic acids is 1. The SMILES string of the molecule is NC1C2CCC(C2)C1C(=O)N1CCN(Cc2cccnc2)CC1. The van der Waals surface area contributed by atoms with Crippen molar-refractivity contribution in [3.05, 3.63) is 30.1 Å². The van der Waals surface area contributed by atoms with E-state index in [-0.39, 0.29) is 12.0 Å². The molecule has 1 aromatic rings. The zero-order chi connectivity index (χ0) is 15.8. The van der Waals surface area contributed by atoms with Gasteiger partial charge in [0.2, 0.25) is 5.91 Å². The van der Waals surface area contributed by atoms with Gasteiger partial charge >= 0.3 is 0 Å². The molecular formula is C18H26N4O. The lowest BCUT2D eigenvalue weighted by atomic mass is 9.84. The third-order valence-corrected chi connectivity index (χ3v) is 6.08. The number of carbonyl (C=O) groups is 1. The van der Waals surface area contributed by atoms with E-state index in [9.17, 15) is 4.79 Å². The van der Waals surface area contributed by atoms with Crippen LogP contribution >= 0.6 is 0 Å². The van der Waals surface area contributed by atoms with Gasteiger partial charge in [-0.3, -0.25) is 14.7 Å². The second-order valence-electron chi connectivity index (χ2n) is 7.40. The highest BCUT2D eigenvalue weighted by Crippen LogP contribution is 2.48. The number of piperazine rings is 1. The molecule has 5 heteroatoms.